The van der Waals surface area contributed by atoms with Crippen LogP contribution in [0.4, 0.5) is 10.1 Å². The fourth-order valence-corrected chi connectivity index (χ4v) is 1.74. The van der Waals surface area contributed by atoms with E-state index in [1.807, 2.05) is 0 Å². The molecular formula is C14H10FNO5. The maximum Gasteiger partial charge on any atom is 0.339 e. The molecular weight excluding hydrogens is 281 g/mol. The maximum absolute atomic E-state index is 13.3. The Morgan fingerprint density at radius 2 is 2.00 bits per heavy atom. The van der Waals surface area contributed by atoms with Crippen molar-refractivity contribution in [2.45, 2.75) is 6.92 Å². The van der Waals surface area contributed by atoms with Crippen LogP contribution in [0.25, 0.3) is 0 Å². The molecule has 7 heteroatoms. The van der Waals surface area contributed by atoms with Crippen LogP contribution >= 0.6 is 0 Å². The Morgan fingerprint density at radius 3 is 2.62 bits per heavy atom. The Hall–Kier alpha value is -2.96. The van der Waals surface area contributed by atoms with E-state index in [1.54, 1.807) is 13.0 Å². The van der Waals surface area contributed by atoms with Crippen molar-refractivity contribution >= 4 is 11.7 Å². The summed E-state index contributed by atoms with van der Waals surface area (Å²) in [6, 6.07) is 7.14. The van der Waals surface area contributed by atoms with Crippen LogP contribution in [0.5, 0.6) is 11.5 Å². The topological polar surface area (TPSA) is 89.7 Å². The summed E-state index contributed by atoms with van der Waals surface area (Å²) in [6.45, 7) is 1.71. The van der Waals surface area contributed by atoms with Gasteiger partial charge in [0.05, 0.1) is 17.1 Å². The number of aromatic carboxylic acids is 1. The molecule has 108 valence electrons. The summed E-state index contributed by atoms with van der Waals surface area (Å²) in [5, 5.41) is 19.8. The van der Waals surface area contributed by atoms with Crippen LogP contribution in [0.3, 0.4) is 0 Å². The number of ether oxygens (including phenoxy) is 1. The Morgan fingerprint density at radius 1 is 1.29 bits per heavy atom. The Kier molecular flexibility index (Phi) is 3.84. The van der Waals surface area contributed by atoms with Gasteiger partial charge in [0.15, 0.2) is 0 Å². The van der Waals surface area contributed by atoms with Crippen molar-refractivity contribution in [1.82, 2.24) is 0 Å². The number of carboxylic acid groups (broad SMARTS) is 1. The number of carboxylic acids is 1. The van der Waals surface area contributed by atoms with E-state index in [9.17, 15) is 19.3 Å². The van der Waals surface area contributed by atoms with E-state index in [0.717, 1.165) is 18.2 Å². The summed E-state index contributed by atoms with van der Waals surface area (Å²) in [5.41, 5.74) is 0.126. The van der Waals surface area contributed by atoms with Gasteiger partial charge < -0.3 is 9.84 Å². The number of rotatable bonds is 4. The smallest absolute Gasteiger partial charge is 0.339 e. The highest BCUT2D eigenvalue weighted by atomic mass is 19.1. The lowest BCUT2D eigenvalue weighted by atomic mass is 10.1. The van der Waals surface area contributed by atoms with E-state index in [2.05, 4.69) is 0 Å². The number of hydrogen-bond acceptors (Lipinski definition) is 4. The Labute approximate surface area is 118 Å². The summed E-state index contributed by atoms with van der Waals surface area (Å²) in [5.74, 6) is -2.22. The van der Waals surface area contributed by atoms with Gasteiger partial charge in [-0.3, -0.25) is 10.1 Å². The van der Waals surface area contributed by atoms with Crippen LogP contribution < -0.4 is 4.74 Å². The largest absolute Gasteiger partial charge is 0.478 e. The third-order valence-electron chi connectivity index (χ3n) is 2.66. The van der Waals surface area contributed by atoms with E-state index >= 15 is 0 Å². The second kappa shape index (κ2) is 5.58. The lowest BCUT2D eigenvalue weighted by molar-refractivity contribution is -0.385. The SMILES string of the molecule is Cc1ccc(Oc2cc(F)cc([N+](=O)[O-])c2)c(C(=O)O)c1. The summed E-state index contributed by atoms with van der Waals surface area (Å²) in [4.78, 5) is 21.1. The normalized spacial score (nSPS) is 10.2. The molecule has 2 aromatic carbocycles. The number of nitro benzene ring substituents is 1. The molecule has 0 bridgehead atoms. The van der Waals surface area contributed by atoms with Gasteiger partial charge in [-0.2, -0.15) is 0 Å². The molecule has 0 heterocycles. The monoisotopic (exact) mass is 291 g/mol. The van der Waals surface area contributed by atoms with Gasteiger partial charge in [0, 0.05) is 6.07 Å². The second-order valence-corrected chi connectivity index (χ2v) is 4.31. The number of carbonyl (C=O) groups is 1. The minimum absolute atomic E-state index is 0.0204. The predicted octanol–water partition coefficient (Wildman–Crippen LogP) is 3.53. The van der Waals surface area contributed by atoms with Gasteiger partial charge in [0.25, 0.3) is 5.69 Å². The summed E-state index contributed by atoms with van der Waals surface area (Å²) < 4.78 is 18.6. The van der Waals surface area contributed by atoms with Crippen molar-refractivity contribution in [3.63, 3.8) is 0 Å². The molecule has 0 aliphatic rings. The summed E-state index contributed by atoms with van der Waals surface area (Å²) in [7, 11) is 0. The highest BCUT2D eigenvalue weighted by molar-refractivity contribution is 5.91. The third-order valence-corrected chi connectivity index (χ3v) is 2.66. The second-order valence-electron chi connectivity index (χ2n) is 4.31. The maximum atomic E-state index is 13.3. The molecule has 0 amide bonds. The molecule has 2 aromatic rings. The van der Waals surface area contributed by atoms with Gasteiger partial charge in [0.1, 0.15) is 22.9 Å². The van der Waals surface area contributed by atoms with Crippen molar-refractivity contribution < 1.29 is 24.0 Å². The van der Waals surface area contributed by atoms with E-state index in [4.69, 9.17) is 9.84 Å². The molecule has 0 spiro atoms. The summed E-state index contributed by atoms with van der Waals surface area (Å²) in [6.07, 6.45) is 0. The minimum Gasteiger partial charge on any atom is -0.478 e. The number of non-ortho nitro benzene ring substituents is 1. The van der Waals surface area contributed by atoms with Crippen molar-refractivity contribution in [1.29, 1.82) is 0 Å². The van der Waals surface area contributed by atoms with Crippen LogP contribution in [-0.4, -0.2) is 16.0 Å². The Balaban J connectivity index is 2.43. The van der Waals surface area contributed by atoms with Crippen LogP contribution in [0.15, 0.2) is 36.4 Å². The number of hydrogen-bond donors (Lipinski definition) is 1. The van der Waals surface area contributed by atoms with Crippen molar-refractivity contribution in [2.24, 2.45) is 0 Å². The summed E-state index contributed by atoms with van der Waals surface area (Å²) >= 11 is 0. The molecule has 0 aromatic heterocycles. The molecule has 0 aliphatic heterocycles. The molecule has 21 heavy (non-hydrogen) atoms. The van der Waals surface area contributed by atoms with Gasteiger partial charge >= 0.3 is 5.97 Å². The van der Waals surface area contributed by atoms with Crippen molar-refractivity contribution in [3.8, 4) is 11.5 Å². The molecule has 2 rings (SSSR count). The van der Waals surface area contributed by atoms with Gasteiger partial charge in [0.2, 0.25) is 0 Å². The van der Waals surface area contributed by atoms with E-state index in [1.165, 1.54) is 12.1 Å². The molecule has 0 radical (unpaired) electrons. The molecule has 0 aliphatic carbocycles. The molecule has 0 saturated carbocycles. The number of aryl methyl sites for hydroxylation is 1. The molecule has 0 saturated heterocycles. The molecule has 0 unspecified atom stereocenters. The number of nitro groups is 1. The fraction of sp³-hybridized carbons (Fsp3) is 0.0714. The van der Waals surface area contributed by atoms with E-state index < -0.39 is 22.4 Å². The highest BCUT2D eigenvalue weighted by Gasteiger charge is 2.15. The fourth-order valence-electron chi connectivity index (χ4n) is 1.74. The van der Waals surface area contributed by atoms with Gasteiger partial charge in [-0.05, 0) is 19.1 Å². The van der Waals surface area contributed by atoms with Gasteiger partial charge in [-0.25, -0.2) is 9.18 Å². The van der Waals surface area contributed by atoms with Gasteiger partial charge in [-0.1, -0.05) is 11.6 Å². The first kappa shape index (κ1) is 14.4. The zero-order valence-corrected chi connectivity index (χ0v) is 10.9. The standard InChI is InChI=1S/C14H10FNO5/c1-8-2-3-13(12(4-8)14(17)18)21-11-6-9(15)5-10(7-11)16(19)20/h2-7H,1H3,(H,17,18). The zero-order chi connectivity index (χ0) is 15.6. The third kappa shape index (κ3) is 3.33. The number of benzene rings is 2. The van der Waals surface area contributed by atoms with Crippen molar-refractivity contribution in [3.05, 3.63) is 63.5 Å². The van der Waals surface area contributed by atoms with Crippen LogP contribution in [0, 0.1) is 22.9 Å². The average Bonchev–Trinajstić information content (AvgIpc) is 2.40. The first-order chi connectivity index (χ1) is 9.86. The predicted molar refractivity (Wildman–Crippen MR) is 71.3 cm³/mol. The average molecular weight is 291 g/mol. The van der Waals surface area contributed by atoms with Crippen LogP contribution in [0.2, 0.25) is 0 Å². The first-order valence-corrected chi connectivity index (χ1v) is 5.83. The lowest BCUT2D eigenvalue weighted by Crippen LogP contribution is -2.01. The highest BCUT2D eigenvalue weighted by Crippen LogP contribution is 2.29. The van der Waals surface area contributed by atoms with E-state index in [0.29, 0.717) is 5.56 Å². The number of nitrogens with zero attached hydrogens (tertiary/aromatic N) is 1. The Bertz CT molecular complexity index is 729. The number of halogens is 1. The molecule has 0 fully saturated rings. The van der Waals surface area contributed by atoms with Crippen LogP contribution in [0.1, 0.15) is 15.9 Å². The molecule has 6 nitrogen and oxygen atoms in total. The molecule has 1 N–H and O–H groups in total. The van der Waals surface area contributed by atoms with Crippen LogP contribution in [-0.2, 0) is 0 Å². The van der Waals surface area contributed by atoms with Crippen molar-refractivity contribution in [2.75, 3.05) is 0 Å². The first-order valence-electron chi connectivity index (χ1n) is 5.83. The lowest BCUT2D eigenvalue weighted by Gasteiger charge is -2.09. The quantitative estimate of drug-likeness (QED) is 0.687. The van der Waals surface area contributed by atoms with E-state index in [-0.39, 0.29) is 17.1 Å². The zero-order valence-electron chi connectivity index (χ0n) is 10.9. The van der Waals surface area contributed by atoms with Gasteiger partial charge in [-0.15, -0.1) is 0 Å². The minimum atomic E-state index is -1.21. The molecule has 0 atom stereocenters.